The summed E-state index contributed by atoms with van der Waals surface area (Å²) in [6, 6.07) is 9.17. The lowest BCUT2D eigenvalue weighted by molar-refractivity contribution is 0.593. The number of hydrogen-bond donors (Lipinski definition) is 2. The molecule has 0 aliphatic carbocycles. The van der Waals surface area contributed by atoms with Crippen molar-refractivity contribution >= 4 is 5.69 Å². The monoisotopic (exact) mass is 176 g/mol. The molecule has 0 aromatic heterocycles. The standard InChI is InChI=1S/C11H16N2/c1-12-8-10-7-6-9-4-2-3-5-11(9)13-10/h2-5,10,12-13H,6-8H2,1H3. The first kappa shape index (κ1) is 8.57. The number of aryl methyl sites for hydroxylation is 1. The molecule has 70 valence electrons. The zero-order valence-corrected chi connectivity index (χ0v) is 8.01. The van der Waals surface area contributed by atoms with Crippen LogP contribution in [0.4, 0.5) is 5.69 Å². The third kappa shape index (κ3) is 1.83. The Morgan fingerprint density at radius 3 is 3.15 bits per heavy atom. The number of hydrogen-bond acceptors (Lipinski definition) is 2. The summed E-state index contributed by atoms with van der Waals surface area (Å²) >= 11 is 0. The molecule has 2 heteroatoms. The van der Waals surface area contributed by atoms with Gasteiger partial charge in [0.2, 0.25) is 0 Å². The number of para-hydroxylation sites is 1. The molecule has 2 rings (SSSR count). The molecule has 13 heavy (non-hydrogen) atoms. The lowest BCUT2D eigenvalue weighted by atomic mass is 9.98. The van der Waals surface area contributed by atoms with Crippen molar-refractivity contribution in [2.45, 2.75) is 18.9 Å². The van der Waals surface area contributed by atoms with E-state index in [-0.39, 0.29) is 0 Å². The molecule has 1 aliphatic heterocycles. The van der Waals surface area contributed by atoms with Crippen LogP contribution < -0.4 is 10.6 Å². The highest BCUT2D eigenvalue weighted by atomic mass is 15.0. The first-order valence-corrected chi connectivity index (χ1v) is 4.89. The van der Waals surface area contributed by atoms with Gasteiger partial charge in [0.05, 0.1) is 0 Å². The average Bonchev–Trinajstić information content (AvgIpc) is 2.18. The summed E-state index contributed by atoms with van der Waals surface area (Å²) in [5, 5.41) is 6.74. The van der Waals surface area contributed by atoms with Gasteiger partial charge in [0.1, 0.15) is 0 Å². The predicted octanol–water partition coefficient (Wildman–Crippen LogP) is 1.63. The third-order valence-corrected chi connectivity index (χ3v) is 2.59. The molecule has 1 aliphatic rings. The molecule has 1 aromatic rings. The van der Waals surface area contributed by atoms with Crippen LogP contribution in [-0.4, -0.2) is 19.6 Å². The molecule has 0 fully saturated rings. The van der Waals surface area contributed by atoms with Gasteiger partial charge in [-0.2, -0.15) is 0 Å². The lowest BCUT2D eigenvalue weighted by Gasteiger charge is -2.26. The predicted molar refractivity (Wildman–Crippen MR) is 56.1 cm³/mol. The van der Waals surface area contributed by atoms with Gasteiger partial charge in [-0.3, -0.25) is 0 Å². The normalized spacial score (nSPS) is 20.5. The Bertz CT molecular complexity index is 283. The number of rotatable bonds is 2. The van der Waals surface area contributed by atoms with Crippen LogP contribution in [0, 0.1) is 0 Å². The summed E-state index contributed by atoms with van der Waals surface area (Å²) in [5.74, 6) is 0. The van der Waals surface area contributed by atoms with E-state index in [0.29, 0.717) is 6.04 Å². The second-order valence-electron chi connectivity index (χ2n) is 3.59. The van der Waals surface area contributed by atoms with Crippen LogP contribution in [0.15, 0.2) is 24.3 Å². The fourth-order valence-electron chi connectivity index (χ4n) is 1.90. The van der Waals surface area contributed by atoms with Crippen molar-refractivity contribution in [3.05, 3.63) is 29.8 Å². The Balaban J connectivity index is 2.11. The van der Waals surface area contributed by atoms with Crippen molar-refractivity contribution in [3.8, 4) is 0 Å². The maximum Gasteiger partial charge on any atom is 0.0389 e. The summed E-state index contributed by atoms with van der Waals surface area (Å²) in [7, 11) is 2.00. The maximum atomic E-state index is 3.54. The Morgan fingerprint density at radius 2 is 2.31 bits per heavy atom. The first-order valence-electron chi connectivity index (χ1n) is 4.89. The molecular formula is C11H16N2. The van der Waals surface area contributed by atoms with Crippen LogP contribution in [0.1, 0.15) is 12.0 Å². The fraction of sp³-hybridized carbons (Fsp3) is 0.455. The molecule has 0 spiro atoms. The minimum atomic E-state index is 0.597. The van der Waals surface area contributed by atoms with E-state index in [1.807, 2.05) is 7.05 Å². The highest BCUT2D eigenvalue weighted by Crippen LogP contribution is 2.23. The van der Waals surface area contributed by atoms with E-state index in [4.69, 9.17) is 0 Å². The fourth-order valence-corrected chi connectivity index (χ4v) is 1.90. The van der Waals surface area contributed by atoms with Gasteiger partial charge < -0.3 is 10.6 Å². The van der Waals surface area contributed by atoms with Gasteiger partial charge >= 0.3 is 0 Å². The van der Waals surface area contributed by atoms with Gasteiger partial charge in [-0.25, -0.2) is 0 Å². The smallest absolute Gasteiger partial charge is 0.0389 e. The number of anilines is 1. The number of likely N-dealkylation sites (N-methyl/N-ethyl adjacent to an activating group) is 1. The zero-order chi connectivity index (χ0) is 9.10. The van der Waals surface area contributed by atoms with E-state index < -0.39 is 0 Å². The van der Waals surface area contributed by atoms with Crippen LogP contribution >= 0.6 is 0 Å². The van der Waals surface area contributed by atoms with Crippen molar-refractivity contribution in [1.82, 2.24) is 5.32 Å². The molecule has 2 N–H and O–H groups in total. The van der Waals surface area contributed by atoms with Crippen LogP contribution in [0.25, 0.3) is 0 Å². The molecular weight excluding hydrogens is 160 g/mol. The van der Waals surface area contributed by atoms with Crippen molar-refractivity contribution in [2.24, 2.45) is 0 Å². The van der Waals surface area contributed by atoms with Crippen LogP contribution in [0.2, 0.25) is 0 Å². The largest absolute Gasteiger partial charge is 0.381 e. The van der Waals surface area contributed by atoms with Crippen molar-refractivity contribution < 1.29 is 0 Å². The van der Waals surface area contributed by atoms with E-state index in [1.54, 1.807) is 0 Å². The Morgan fingerprint density at radius 1 is 1.46 bits per heavy atom. The van der Waals surface area contributed by atoms with Crippen molar-refractivity contribution in [1.29, 1.82) is 0 Å². The Hall–Kier alpha value is -1.02. The van der Waals surface area contributed by atoms with Gasteiger partial charge in [0.25, 0.3) is 0 Å². The van der Waals surface area contributed by atoms with Crippen molar-refractivity contribution in [2.75, 3.05) is 18.9 Å². The molecule has 0 radical (unpaired) electrons. The Kier molecular flexibility index (Phi) is 2.50. The molecule has 0 saturated heterocycles. The summed E-state index contributed by atoms with van der Waals surface area (Å²) in [6.45, 7) is 1.05. The van der Waals surface area contributed by atoms with E-state index in [1.165, 1.54) is 24.1 Å². The first-order chi connectivity index (χ1) is 6.40. The lowest BCUT2D eigenvalue weighted by Crippen LogP contribution is -2.34. The van der Waals surface area contributed by atoms with Crippen LogP contribution in [0.3, 0.4) is 0 Å². The van der Waals surface area contributed by atoms with E-state index in [2.05, 4.69) is 34.9 Å². The molecule has 1 heterocycles. The van der Waals surface area contributed by atoms with Crippen LogP contribution in [-0.2, 0) is 6.42 Å². The second-order valence-corrected chi connectivity index (χ2v) is 3.59. The van der Waals surface area contributed by atoms with Crippen LogP contribution in [0.5, 0.6) is 0 Å². The van der Waals surface area contributed by atoms with E-state index in [0.717, 1.165) is 6.54 Å². The average molecular weight is 176 g/mol. The van der Waals surface area contributed by atoms with Crippen molar-refractivity contribution in [3.63, 3.8) is 0 Å². The maximum absolute atomic E-state index is 3.54. The SMILES string of the molecule is CNCC1CCc2ccccc2N1. The zero-order valence-electron chi connectivity index (χ0n) is 8.01. The summed E-state index contributed by atoms with van der Waals surface area (Å²) in [6.07, 6.45) is 2.44. The minimum Gasteiger partial charge on any atom is -0.381 e. The van der Waals surface area contributed by atoms with E-state index >= 15 is 0 Å². The van der Waals surface area contributed by atoms with Gasteiger partial charge in [-0.1, -0.05) is 18.2 Å². The van der Waals surface area contributed by atoms with Gasteiger partial charge in [-0.15, -0.1) is 0 Å². The second kappa shape index (κ2) is 3.79. The molecule has 0 bridgehead atoms. The molecule has 0 amide bonds. The highest BCUT2D eigenvalue weighted by molar-refractivity contribution is 5.53. The minimum absolute atomic E-state index is 0.597. The van der Waals surface area contributed by atoms with Gasteiger partial charge in [0, 0.05) is 18.3 Å². The summed E-state index contributed by atoms with van der Waals surface area (Å²) in [5.41, 5.74) is 2.77. The molecule has 1 aromatic carbocycles. The Labute approximate surface area is 79.4 Å². The number of fused-ring (bicyclic) bond motifs is 1. The molecule has 1 unspecified atom stereocenters. The van der Waals surface area contributed by atoms with E-state index in [9.17, 15) is 0 Å². The molecule has 0 saturated carbocycles. The highest BCUT2D eigenvalue weighted by Gasteiger charge is 2.15. The number of nitrogens with one attached hydrogen (secondary N) is 2. The third-order valence-electron chi connectivity index (χ3n) is 2.59. The molecule has 2 nitrogen and oxygen atoms in total. The number of benzene rings is 1. The quantitative estimate of drug-likeness (QED) is 0.715. The van der Waals surface area contributed by atoms with Gasteiger partial charge in [0.15, 0.2) is 0 Å². The summed E-state index contributed by atoms with van der Waals surface area (Å²) in [4.78, 5) is 0. The summed E-state index contributed by atoms with van der Waals surface area (Å²) < 4.78 is 0. The van der Waals surface area contributed by atoms with Gasteiger partial charge in [-0.05, 0) is 31.5 Å². The topological polar surface area (TPSA) is 24.1 Å². The molecule has 1 atom stereocenters.